The molecule has 0 aliphatic rings. The number of fused-ring (bicyclic) bond motifs is 1. The predicted molar refractivity (Wildman–Crippen MR) is 118 cm³/mol. The second kappa shape index (κ2) is 8.18. The van der Waals surface area contributed by atoms with E-state index in [1.165, 1.54) is 23.1 Å². The van der Waals surface area contributed by atoms with E-state index in [4.69, 9.17) is 5.73 Å². The molecule has 3 N–H and O–H groups in total. The lowest BCUT2D eigenvalue weighted by Gasteiger charge is -2.11. The number of benzene rings is 1. The molecule has 3 heterocycles. The van der Waals surface area contributed by atoms with Gasteiger partial charge in [0, 0.05) is 12.7 Å². The molecule has 148 valence electrons. The quantitative estimate of drug-likeness (QED) is 0.357. The van der Waals surface area contributed by atoms with Gasteiger partial charge in [0.25, 0.3) is 5.56 Å². The molecule has 0 aliphatic carbocycles. The summed E-state index contributed by atoms with van der Waals surface area (Å²) in [6.07, 6.45) is 0.886. The second-order valence-corrected chi connectivity index (χ2v) is 8.11. The number of rotatable bonds is 6. The molecule has 0 bridgehead atoms. The van der Waals surface area contributed by atoms with Crippen LogP contribution in [0.3, 0.4) is 0 Å². The number of nitrogens with two attached hydrogens (primary N) is 1. The third-order valence-electron chi connectivity index (χ3n) is 4.32. The number of nitrogens with one attached hydrogen (secondary N) is 1. The number of nitrogens with zero attached hydrogens (tertiary/aromatic N) is 5. The molecule has 0 spiro atoms. The Kier molecular flexibility index (Phi) is 5.45. The van der Waals surface area contributed by atoms with Crippen LogP contribution in [0.4, 0.5) is 17.6 Å². The van der Waals surface area contributed by atoms with Crippen molar-refractivity contribution in [1.29, 1.82) is 0 Å². The molecular formula is C19H19N7OS2. The minimum atomic E-state index is -0.0545. The number of nitrogen functional groups attached to an aromatic ring is 1. The van der Waals surface area contributed by atoms with Gasteiger partial charge in [-0.3, -0.25) is 9.36 Å². The van der Waals surface area contributed by atoms with Crippen molar-refractivity contribution >= 4 is 50.9 Å². The topological polar surface area (TPSA) is 112 Å². The SMILES string of the molecule is CCc1ccccc1Nc1nc(N)nc(CSc2nc3ccsc3c(=O)n2C)n1. The molecule has 0 atom stereocenters. The summed E-state index contributed by atoms with van der Waals surface area (Å²) >= 11 is 2.78. The fourth-order valence-electron chi connectivity index (χ4n) is 2.86. The maximum atomic E-state index is 12.4. The first-order valence-corrected chi connectivity index (χ1v) is 10.8. The van der Waals surface area contributed by atoms with Gasteiger partial charge >= 0.3 is 0 Å². The molecule has 0 unspecified atom stereocenters. The molecule has 0 aliphatic heterocycles. The van der Waals surface area contributed by atoms with Crippen LogP contribution in [-0.2, 0) is 19.2 Å². The first-order valence-electron chi connectivity index (χ1n) is 8.97. The standard InChI is InChI=1S/C19H19N7OS2/c1-3-11-6-4-5-7-12(11)21-18-24-14(23-17(20)25-18)10-29-19-22-13-8-9-28-15(13)16(27)26(19)2/h4-9H,3,10H2,1-2H3,(H3,20,21,23,24,25). The van der Waals surface area contributed by atoms with Crippen molar-refractivity contribution in [3.8, 4) is 0 Å². The normalized spacial score (nSPS) is 11.1. The van der Waals surface area contributed by atoms with Gasteiger partial charge in [0.05, 0.1) is 11.3 Å². The lowest BCUT2D eigenvalue weighted by Crippen LogP contribution is -2.19. The Hall–Kier alpha value is -2.98. The van der Waals surface area contributed by atoms with Crippen LogP contribution >= 0.6 is 23.1 Å². The van der Waals surface area contributed by atoms with E-state index in [1.54, 1.807) is 11.6 Å². The Morgan fingerprint density at radius 2 is 2.00 bits per heavy atom. The summed E-state index contributed by atoms with van der Waals surface area (Å²) in [5.41, 5.74) is 8.63. The molecule has 8 nitrogen and oxygen atoms in total. The average molecular weight is 426 g/mol. The maximum absolute atomic E-state index is 12.4. The van der Waals surface area contributed by atoms with E-state index >= 15 is 0 Å². The Balaban J connectivity index is 1.57. The van der Waals surface area contributed by atoms with Gasteiger partial charge in [-0.2, -0.15) is 15.0 Å². The highest BCUT2D eigenvalue weighted by Crippen LogP contribution is 2.24. The van der Waals surface area contributed by atoms with Gasteiger partial charge in [-0.25, -0.2) is 4.98 Å². The van der Waals surface area contributed by atoms with E-state index in [0.29, 0.717) is 32.9 Å². The zero-order valence-electron chi connectivity index (χ0n) is 15.9. The van der Waals surface area contributed by atoms with Gasteiger partial charge in [-0.05, 0) is 29.5 Å². The smallest absolute Gasteiger partial charge is 0.271 e. The van der Waals surface area contributed by atoms with E-state index in [2.05, 4.69) is 38.2 Å². The number of thiophene rings is 1. The van der Waals surface area contributed by atoms with Crippen LogP contribution in [0.5, 0.6) is 0 Å². The third kappa shape index (κ3) is 4.08. The van der Waals surface area contributed by atoms with Crippen LogP contribution in [-0.4, -0.2) is 24.5 Å². The summed E-state index contributed by atoms with van der Waals surface area (Å²) in [5, 5.41) is 5.69. The van der Waals surface area contributed by atoms with Crippen LogP contribution in [0, 0.1) is 0 Å². The van der Waals surface area contributed by atoms with Crippen molar-refractivity contribution in [2.45, 2.75) is 24.3 Å². The second-order valence-electron chi connectivity index (χ2n) is 6.25. The molecule has 3 aromatic heterocycles. The molecule has 1 aromatic carbocycles. The highest BCUT2D eigenvalue weighted by molar-refractivity contribution is 7.98. The average Bonchev–Trinajstić information content (AvgIpc) is 3.18. The predicted octanol–water partition coefficient (Wildman–Crippen LogP) is 3.36. The van der Waals surface area contributed by atoms with Crippen molar-refractivity contribution in [3.63, 3.8) is 0 Å². The Morgan fingerprint density at radius 3 is 2.83 bits per heavy atom. The number of thioether (sulfide) groups is 1. The van der Waals surface area contributed by atoms with Crippen LogP contribution in [0.15, 0.2) is 45.7 Å². The van der Waals surface area contributed by atoms with Crippen LogP contribution in [0.2, 0.25) is 0 Å². The molecule has 10 heteroatoms. The number of hydrogen-bond donors (Lipinski definition) is 2. The van der Waals surface area contributed by atoms with E-state index in [0.717, 1.165) is 17.7 Å². The molecule has 0 saturated heterocycles. The van der Waals surface area contributed by atoms with Crippen molar-refractivity contribution < 1.29 is 0 Å². The third-order valence-corrected chi connectivity index (χ3v) is 6.24. The van der Waals surface area contributed by atoms with E-state index in [9.17, 15) is 4.79 Å². The number of hydrogen-bond acceptors (Lipinski definition) is 9. The van der Waals surface area contributed by atoms with Gasteiger partial charge < -0.3 is 11.1 Å². The largest absolute Gasteiger partial charge is 0.368 e. The molecule has 0 fully saturated rings. The highest BCUT2D eigenvalue weighted by atomic mass is 32.2. The summed E-state index contributed by atoms with van der Waals surface area (Å²) in [7, 11) is 1.72. The van der Waals surface area contributed by atoms with E-state index in [1.807, 2.05) is 29.6 Å². The lowest BCUT2D eigenvalue weighted by molar-refractivity contribution is 0.727. The maximum Gasteiger partial charge on any atom is 0.271 e. The van der Waals surface area contributed by atoms with Crippen molar-refractivity contribution in [2.24, 2.45) is 7.05 Å². The summed E-state index contributed by atoms with van der Waals surface area (Å²) in [6, 6.07) is 9.82. The molecule has 4 rings (SSSR count). The minimum Gasteiger partial charge on any atom is -0.368 e. The monoisotopic (exact) mass is 425 g/mol. The van der Waals surface area contributed by atoms with Gasteiger partial charge in [-0.1, -0.05) is 36.9 Å². The fraction of sp³-hybridized carbons (Fsp3) is 0.211. The fourth-order valence-corrected chi connectivity index (χ4v) is 4.49. The zero-order valence-corrected chi connectivity index (χ0v) is 17.5. The molecule has 29 heavy (non-hydrogen) atoms. The first-order chi connectivity index (χ1) is 14.0. The summed E-state index contributed by atoms with van der Waals surface area (Å²) < 4.78 is 2.20. The zero-order chi connectivity index (χ0) is 20.4. The summed E-state index contributed by atoms with van der Waals surface area (Å²) in [4.78, 5) is 29.9. The molecule has 0 saturated carbocycles. The highest BCUT2D eigenvalue weighted by Gasteiger charge is 2.12. The van der Waals surface area contributed by atoms with E-state index < -0.39 is 0 Å². The molecule has 0 amide bonds. The van der Waals surface area contributed by atoms with Crippen LogP contribution in [0.25, 0.3) is 10.2 Å². The van der Waals surface area contributed by atoms with Crippen molar-refractivity contribution in [3.05, 3.63) is 57.5 Å². The Labute approximate surface area is 175 Å². The Bertz CT molecular complexity index is 1230. The molecule has 4 aromatic rings. The number of para-hydroxylation sites is 1. The molecular weight excluding hydrogens is 406 g/mol. The van der Waals surface area contributed by atoms with E-state index in [-0.39, 0.29) is 11.5 Å². The minimum absolute atomic E-state index is 0.0545. The van der Waals surface area contributed by atoms with Crippen molar-refractivity contribution in [2.75, 3.05) is 11.1 Å². The number of aryl methyl sites for hydroxylation is 1. The van der Waals surface area contributed by atoms with Crippen molar-refractivity contribution in [1.82, 2.24) is 24.5 Å². The lowest BCUT2D eigenvalue weighted by atomic mass is 10.1. The van der Waals surface area contributed by atoms with Gasteiger partial charge in [0.1, 0.15) is 10.5 Å². The van der Waals surface area contributed by atoms with Gasteiger partial charge in [0.15, 0.2) is 5.16 Å². The van der Waals surface area contributed by atoms with Gasteiger partial charge in [-0.15, -0.1) is 11.3 Å². The number of aromatic nitrogens is 5. The van der Waals surface area contributed by atoms with Crippen LogP contribution in [0.1, 0.15) is 18.3 Å². The molecule has 0 radical (unpaired) electrons. The first kappa shape index (κ1) is 19.3. The van der Waals surface area contributed by atoms with Gasteiger partial charge in [0.2, 0.25) is 11.9 Å². The van der Waals surface area contributed by atoms with Crippen LogP contribution < -0.4 is 16.6 Å². The Morgan fingerprint density at radius 1 is 1.17 bits per heavy atom. The summed E-state index contributed by atoms with van der Waals surface area (Å²) in [6.45, 7) is 2.09. The number of anilines is 3. The summed E-state index contributed by atoms with van der Waals surface area (Å²) in [5.74, 6) is 1.46.